The van der Waals surface area contributed by atoms with Gasteiger partial charge in [-0.05, 0) is 47.6 Å². The first-order valence-electron chi connectivity index (χ1n) is 8.56. The molecule has 1 N–H and O–H groups in total. The molecule has 0 spiro atoms. The van der Waals surface area contributed by atoms with Gasteiger partial charge in [0.2, 0.25) is 5.91 Å². The number of fused-ring (bicyclic) bond motifs is 1. The molecule has 128 valence electrons. The summed E-state index contributed by atoms with van der Waals surface area (Å²) in [5.41, 5.74) is 1.84. The number of amides is 1. The quantitative estimate of drug-likeness (QED) is 0.762. The molecule has 0 saturated carbocycles. The number of carbonyl (C=O) groups excluding carboxylic acids is 1. The molecule has 1 amide bonds. The Morgan fingerprint density at radius 1 is 1.08 bits per heavy atom. The van der Waals surface area contributed by atoms with Crippen LogP contribution in [0.1, 0.15) is 31.7 Å². The van der Waals surface area contributed by atoms with Gasteiger partial charge in [0, 0.05) is 17.3 Å². The van der Waals surface area contributed by atoms with Crippen LogP contribution in [0.4, 0.5) is 5.69 Å². The molecule has 0 bridgehead atoms. The van der Waals surface area contributed by atoms with Crippen LogP contribution in [-0.2, 0) is 11.3 Å². The number of carbonyl (C=O) groups is 1. The van der Waals surface area contributed by atoms with Crippen molar-refractivity contribution >= 4 is 22.4 Å². The van der Waals surface area contributed by atoms with Crippen LogP contribution in [0.5, 0.6) is 0 Å². The third-order valence-electron chi connectivity index (χ3n) is 4.58. The minimum absolute atomic E-state index is 0.00319. The molecule has 0 unspecified atom stereocenters. The number of nitrogens with zero attached hydrogens (tertiary/aromatic N) is 1. The van der Waals surface area contributed by atoms with Crippen LogP contribution in [0, 0.1) is 0 Å². The number of rotatable bonds is 5. The minimum Gasteiger partial charge on any atom is -0.325 e. The van der Waals surface area contributed by atoms with Gasteiger partial charge in [-0.2, -0.15) is 0 Å². The van der Waals surface area contributed by atoms with Crippen molar-refractivity contribution in [1.82, 2.24) is 4.57 Å². The second-order valence-electron chi connectivity index (χ2n) is 6.32. The molecule has 0 aliphatic carbocycles. The summed E-state index contributed by atoms with van der Waals surface area (Å²) in [7, 11) is 0. The maximum Gasteiger partial charge on any atom is 0.258 e. The molecule has 1 aromatic heterocycles. The van der Waals surface area contributed by atoms with Crippen molar-refractivity contribution in [2.45, 2.75) is 32.7 Å². The van der Waals surface area contributed by atoms with Crippen molar-refractivity contribution in [3.8, 4) is 0 Å². The zero-order valence-corrected chi connectivity index (χ0v) is 14.5. The predicted molar refractivity (Wildman–Crippen MR) is 102 cm³/mol. The molecule has 4 heteroatoms. The van der Waals surface area contributed by atoms with Gasteiger partial charge in [0.1, 0.15) is 6.54 Å². The summed E-state index contributed by atoms with van der Waals surface area (Å²) >= 11 is 0. The van der Waals surface area contributed by atoms with Gasteiger partial charge in [-0.25, -0.2) is 0 Å². The van der Waals surface area contributed by atoms with E-state index >= 15 is 0 Å². The highest BCUT2D eigenvalue weighted by atomic mass is 16.2. The van der Waals surface area contributed by atoms with Gasteiger partial charge in [-0.1, -0.05) is 44.2 Å². The van der Waals surface area contributed by atoms with Crippen LogP contribution in [-0.4, -0.2) is 10.5 Å². The van der Waals surface area contributed by atoms with Crippen molar-refractivity contribution in [3.63, 3.8) is 0 Å². The zero-order valence-electron chi connectivity index (χ0n) is 14.5. The fourth-order valence-electron chi connectivity index (χ4n) is 2.84. The predicted octanol–water partition coefficient (Wildman–Crippen LogP) is 4.15. The maximum atomic E-state index is 12.5. The van der Waals surface area contributed by atoms with Gasteiger partial charge < -0.3 is 9.88 Å². The van der Waals surface area contributed by atoms with E-state index in [4.69, 9.17) is 0 Å². The molecule has 2 aromatic carbocycles. The van der Waals surface area contributed by atoms with Crippen LogP contribution in [0.2, 0.25) is 0 Å². The number of pyridine rings is 1. The molecule has 1 heterocycles. The lowest BCUT2D eigenvalue weighted by Crippen LogP contribution is -2.27. The summed E-state index contributed by atoms with van der Waals surface area (Å²) in [5, 5.41) is 4.35. The highest BCUT2D eigenvalue weighted by Crippen LogP contribution is 2.20. The number of nitrogens with one attached hydrogen (secondary N) is 1. The van der Waals surface area contributed by atoms with Crippen LogP contribution in [0.15, 0.2) is 65.6 Å². The minimum atomic E-state index is -0.214. The van der Waals surface area contributed by atoms with Gasteiger partial charge in [0.05, 0.1) is 0 Å². The number of aromatic nitrogens is 1. The smallest absolute Gasteiger partial charge is 0.258 e. The van der Waals surface area contributed by atoms with Crippen LogP contribution in [0.3, 0.4) is 0 Å². The summed E-state index contributed by atoms with van der Waals surface area (Å²) < 4.78 is 1.44. The fourth-order valence-corrected chi connectivity index (χ4v) is 2.84. The number of hydrogen-bond donors (Lipinski definition) is 1. The van der Waals surface area contributed by atoms with E-state index in [0.717, 1.165) is 17.5 Å². The molecule has 3 aromatic rings. The van der Waals surface area contributed by atoms with Crippen LogP contribution >= 0.6 is 0 Å². The summed E-state index contributed by atoms with van der Waals surface area (Å²) in [6.45, 7) is 4.33. The van der Waals surface area contributed by atoms with E-state index in [1.807, 2.05) is 48.5 Å². The van der Waals surface area contributed by atoms with E-state index < -0.39 is 0 Å². The van der Waals surface area contributed by atoms with E-state index in [9.17, 15) is 9.59 Å². The third-order valence-corrected chi connectivity index (χ3v) is 4.58. The summed E-state index contributed by atoms with van der Waals surface area (Å²) in [6, 6.07) is 17.1. The van der Waals surface area contributed by atoms with Crippen molar-refractivity contribution in [3.05, 3.63) is 76.7 Å². The van der Waals surface area contributed by atoms with Gasteiger partial charge in [0.25, 0.3) is 5.56 Å². The first-order valence-corrected chi connectivity index (χ1v) is 8.56. The first kappa shape index (κ1) is 17.0. The van der Waals surface area contributed by atoms with Crippen molar-refractivity contribution in [2.75, 3.05) is 5.32 Å². The summed E-state index contributed by atoms with van der Waals surface area (Å²) in [4.78, 5) is 24.7. The highest BCUT2D eigenvalue weighted by molar-refractivity contribution is 5.91. The Morgan fingerprint density at radius 3 is 2.52 bits per heavy atom. The molecule has 3 rings (SSSR count). The molecule has 0 fully saturated rings. The molecule has 1 atom stereocenters. The highest BCUT2D eigenvalue weighted by Gasteiger charge is 2.08. The maximum absolute atomic E-state index is 12.5. The van der Waals surface area contributed by atoms with Gasteiger partial charge >= 0.3 is 0 Å². The Morgan fingerprint density at radius 2 is 1.80 bits per heavy atom. The van der Waals surface area contributed by atoms with Gasteiger partial charge in [-0.15, -0.1) is 0 Å². The fraction of sp³-hybridized carbons (Fsp3) is 0.238. The van der Waals surface area contributed by atoms with E-state index in [2.05, 4.69) is 19.2 Å². The molecule has 0 aliphatic rings. The van der Waals surface area contributed by atoms with Gasteiger partial charge in [-0.3, -0.25) is 9.59 Å². The van der Waals surface area contributed by atoms with Crippen molar-refractivity contribution in [1.29, 1.82) is 0 Å². The Kier molecular flexibility index (Phi) is 4.98. The SMILES string of the molecule is CC[C@@H](C)c1ccc(NC(=O)Cn2ccc3ccccc3c2=O)cc1. The molecule has 0 radical (unpaired) electrons. The molecule has 0 saturated heterocycles. The molecule has 25 heavy (non-hydrogen) atoms. The normalized spacial score (nSPS) is 12.1. The number of anilines is 1. The Hall–Kier alpha value is -2.88. The molecular formula is C21H22N2O2. The zero-order chi connectivity index (χ0) is 17.8. The molecular weight excluding hydrogens is 312 g/mol. The topological polar surface area (TPSA) is 51.1 Å². The molecule has 4 nitrogen and oxygen atoms in total. The second-order valence-corrected chi connectivity index (χ2v) is 6.32. The van der Waals surface area contributed by atoms with E-state index in [-0.39, 0.29) is 18.0 Å². The van der Waals surface area contributed by atoms with Gasteiger partial charge in [0.15, 0.2) is 0 Å². The Bertz CT molecular complexity index is 942. The average Bonchev–Trinajstić information content (AvgIpc) is 2.64. The molecule has 0 aliphatic heterocycles. The van der Waals surface area contributed by atoms with Crippen LogP contribution in [0.25, 0.3) is 10.8 Å². The summed E-state index contributed by atoms with van der Waals surface area (Å²) in [6.07, 6.45) is 2.74. The largest absolute Gasteiger partial charge is 0.325 e. The lowest BCUT2D eigenvalue weighted by molar-refractivity contribution is -0.116. The Balaban J connectivity index is 1.72. The third kappa shape index (κ3) is 3.79. The number of hydrogen-bond acceptors (Lipinski definition) is 2. The lowest BCUT2D eigenvalue weighted by atomic mass is 9.99. The van der Waals surface area contributed by atoms with E-state index in [1.54, 1.807) is 12.3 Å². The second kappa shape index (κ2) is 7.34. The Labute approximate surface area is 147 Å². The van der Waals surface area contributed by atoms with Crippen molar-refractivity contribution in [2.24, 2.45) is 0 Å². The average molecular weight is 334 g/mol. The standard InChI is InChI=1S/C21H22N2O2/c1-3-15(2)16-8-10-18(11-9-16)22-20(24)14-23-13-12-17-6-4-5-7-19(17)21(23)25/h4-13,15H,3,14H2,1-2H3,(H,22,24)/t15-/m1/s1. The van der Waals surface area contributed by atoms with E-state index in [0.29, 0.717) is 11.3 Å². The lowest BCUT2D eigenvalue weighted by Gasteiger charge is -2.11. The monoisotopic (exact) mass is 334 g/mol. The van der Waals surface area contributed by atoms with Crippen molar-refractivity contribution < 1.29 is 4.79 Å². The number of benzene rings is 2. The summed E-state index contributed by atoms with van der Waals surface area (Å²) in [5.74, 6) is 0.287. The van der Waals surface area contributed by atoms with Crippen LogP contribution < -0.4 is 10.9 Å². The first-order chi connectivity index (χ1) is 12.1. The van der Waals surface area contributed by atoms with E-state index in [1.165, 1.54) is 10.1 Å².